The fraction of sp³-hybridized carbons (Fsp3) is 0.500. The van der Waals surface area contributed by atoms with E-state index in [-0.39, 0.29) is 11.4 Å². The first-order valence-corrected chi connectivity index (χ1v) is 6.31. The van der Waals surface area contributed by atoms with E-state index >= 15 is 0 Å². The van der Waals surface area contributed by atoms with E-state index < -0.39 is 0 Å². The zero-order valence-electron chi connectivity index (χ0n) is 10.7. The molecule has 0 spiro atoms. The fourth-order valence-electron chi connectivity index (χ4n) is 1.96. The lowest BCUT2D eigenvalue weighted by atomic mass is 10.0. The topological polar surface area (TPSA) is 50.4 Å². The Morgan fingerprint density at radius 2 is 2.17 bits per heavy atom. The van der Waals surface area contributed by atoms with E-state index in [2.05, 4.69) is 17.6 Å². The number of ether oxygens (including phenoxy) is 1. The first-order chi connectivity index (χ1) is 8.68. The molecule has 1 aliphatic heterocycles. The van der Waals surface area contributed by atoms with Crippen molar-refractivity contribution in [1.82, 2.24) is 10.6 Å². The van der Waals surface area contributed by atoms with E-state index in [1.807, 2.05) is 30.3 Å². The highest BCUT2D eigenvalue weighted by Crippen LogP contribution is 2.16. The number of benzene rings is 1. The van der Waals surface area contributed by atoms with Crippen LogP contribution in [0, 0.1) is 0 Å². The third kappa shape index (κ3) is 3.82. The Morgan fingerprint density at radius 3 is 2.83 bits per heavy atom. The molecule has 0 bridgehead atoms. The van der Waals surface area contributed by atoms with Gasteiger partial charge in [0.25, 0.3) is 0 Å². The van der Waals surface area contributed by atoms with Crippen molar-refractivity contribution in [2.24, 2.45) is 0 Å². The molecule has 2 rings (SSSR count). The first kappa shape index (κ1) is 13.1. The van der Waals surface area contributed by atoms with Gasteiger partial charge in [-0.05, 0) is 18.9 Å². The maximum Gasteiger partial charge on any atom is 0.234 e. The summed E-state index contributed by atoms with van der Waals surface area (Å²) < 4.78 is 5.33. The van der Waals surface area contributed by atoms with E-state index in [9.17, 15) is 4.79 Å². The van der Waals surface area contributed by atoms with Gasteiger partial charge in [0.1, 0.15) is 0 Å². The maximum absolute atomic E-state index is 11.7. The third-order valence-corrected chi connectivity index (χ3v) is 3.23. The average Bonchev–Trinajstić information content (AvgIpc) is 2.83. The Kier molecular flexibility index (Phi) is 4.33. The zero-order valence-corrected chi connectivity index (χ0v) is 10.7. The molecule has 4 heteroatoms. The van der Waals surface area contributed by atoms with Gasteiger partial charge in [0.05, 0.1) is 13.2 Å². The van der Waals surface area contributed by atoms with Crippen LogP contribution in [0.5, 0.6) is 0 Å². The summed E-state index contributed by atoms with van der Waals surface area (Å²) in [5, 5.41) is 6.15. The van der Waals surface area contributed by atoms with Crippen molar-refractivity contribution in [2.75, 3.05) is 19.8 Å². The lowest BCUT2D eigenvalue weighted by Crippen LogP contribution is -2.47. The van der Waals surface area contributed by atoms with Crippen LogP contribution in [0.2, 0.25) is 0 Å². The molecule has 2 N–H and O–H groups in total. The van der Waals surface area contributed by atoms with Gasteiger partial charge >= 0.3 is 0 Å². The summed E-state index contributed by atoms with van der Waals surface area (Å²) in [4.78, 5) is 11.7. The molecule has 0 radical (unpaired) electrons. The quantitative estimate of drug-likeness (QED) is 0.819. The molecular weight excluding hydrogens is 228 g/mol. The summed E-state index contributed by atoms with van der Waals surface area (Å²) in [7, 11) is 0. The third-order valence-electron chi connectivity index (χ3n) is 3.23. The monoisotopic (exact) mass is 248 g/mol. The van der Waals surface area contributed by atoms with E-state index in [1.54, 1.807) is 0 Å². The predicted octanol–water partition coefficient (Wildman–Crippen LogP) is 1.07. The average molecular weight is 248 g/mol. The summed E-state index contributed by atoms with van der Waals surface area (Å²) >= 11 is 0. The van der Waals surface area contributed by atoms with Gasteiger partial charge in [-0.25, -0.2) is 0 Å². The standard InChI is InChI=1S/C14H20N2O2/c1-14(7-8-18-11-14)16-10-13(17)15-9-12-5-3-2-4-6-12/h2-6,16H,7-11H2,1H3,(H,15,17). The summed E-state index contributed by atoms with van der Waals surface area (Å²) in [6, 6.07) is 9.90. The number of nitrogens with one attached hydrogen (secondary N) is 2. The highest BCUT2D eigenvalue weighted by atomic mass is 16.5. The number of rotatable bonds is 5. The van der Waals surface area contributed by atoms with E-state index in [1.165, 1.54) is 0 Å². The lowest BCUT2D eigenvalue weighted by Gasteiger charge is -2.23. The number of carbonyl (C=O) groups excluding carboxylic acids is 1. The largest absolute Gasteiger partial charge is 0.379 e. The predicted molar refractivity (Wildman–Crippen MR) is 70.1 cm³/mol. The van der Waals surface area contributed by atoms with Crippen LogP contribution in [0.15, 0.2) is 30.3 Å². The molecule has 1 aliphatic rings. The van der Waals surface area contributed by atoms with Gasteiger partial charge in [-0.2, -0.15) is 0 Å². The number of hydrogen-bond acceptors (Lipinski definition) is 3. The molecule has 0 aromatic heterocycles. The molecule has 1 saturated heterocycles. The smallest absolute Gasteiger partial charge is 0.234 e. The van der Waals surface area contributed by atoms with Crippen LogP contribution in [0.4, 0.5) is 0 Å². The summed E-state index contributed by atoms with van der Waals surface area (Å²) in [5.74, 6) is 0.0204. The van der Waals surface area contributed by atoms with Crippen molar-refractivity contribution in [1.29, 1.82) is 0 Å². The van der Waals surface area contributed by atoms with Gasteiger partial charge in [0.2, 0.25) is 5.91 Å². The highest BCUT2D eigenvalue weighted by Gasteiger charge is 2.29. The molecule has 1 aromatic rings. The SMILES string of the molecule is CC1(NCC(=O)NCc2ccccc2)CCOC1. The molecule has 18 heavy (non-hydrogen) atoms. The van der Waals surface area contributed by atoms with Crippen molar-refractivity contribution in [2.45, 2.75) is 25.4 Å². The van der Waals surface area contributed by atoms with Gasteiger partial charge in [0.15, 0.2) is 0 Å². The molecular formula is C14H20N2O2. The summed E-state index contributed by atoms with van der Waals surface area (Å²) in [6.45, 7) is 4.46. The van der Waals surface area contributed by atoms with Crippen LogP contribution in [0.25, 0.3) is 0 Å². The van der Waals surface area contributed by atoms with Crippen LogP contribution >= 0.6 is 0 Å². The van der Waals surface area contributed by atoms with Crippen LogP contribution in [-0.4, -0.2) is 31.2 Å². The van der Waals surface area contributed by atoms with Crippen molar-refractivity contribution in [3.8, 4) is 0 Å². The Morgan fingerprint density at radius 1 is 1.39 bits per heavy atom. The van der Waals surface area contributed by atoms with Crippen LogP contribution < -0.4 is 10.6 Å². The molecule has 98 valence electrons. The van der Waals surface area contributed by atoms with Crippen LogP contribution in [0.3, 0.4) is 0 Å². The van der Waals surface area contributed by atoms with Gasteiger partial charge in [-0.15, -0.1) is 0 Å². The molecule has 1 fully saturated rings. The van der Waals surface area contributed by atoms with Gasteiger partial charge < -0.3 is 15.4 Å². The minimum absolute atomic E-state index is 0.0204. The Bertz CT molecular complexity index is 386. The second-order valence-electron chi connectivity index (χ2n) is 4.98. The molecule has 1 atom stereocenters. The van der Waals surface area contributed by atoms with Crippen molar-refractivity contribution < 1.29 is 9.53 Å². The van der Waals surface area contributed by atoms with Gasteiger partial charge in [0, 0.05) is 18.7 Å². The maximum atomic E-state index is 11.7. The molecule has 1 heterocycles. The number of amides is 1. The molecule has 1 unspecified atom stereocenters. The molecule has 1 amide bonds. The van der Waals surface area contributed by atoms with Crippen LogP contribution in [-0.2, 0) is 16.1 Å². The van der Waals surface area contributed by atoms with Crippen molar-refractivity contribution in [3.63, 3.8) is 0 Å². The second kappa shape index (κ2) is 5.98. The minimum Gasteiger partial charge on any atom is -0.379 e. The number of carbonyl (C=O) groups is 1. The summed E-state index contributed by atoms with van der Waals surface area (Å²) in [6.07, 6.45) is 0.957. The van der Waals surface area contributed by atoms with Crippen molar-refractivity contribution >= 4 is 5.91 Å². The Balaban J connectivity index is 1.69. The fourth-order valence-corrected chi connectivity index (χ4v) is 1.96. The van der Waals surface area contributed by atoms with E-state index in [0.717, 1.165) is 18.6 Å². The number of hydrogen-bond donors (Lipinski definition) is 2. The van der Waals surface area contributed by atoms with Gasteiger partial charge in [-0.3, -0.25) is 4.79 Å². The molecule has 0 saturated carbocycles. The van der Waals surface area contributed by atoms with E-state index in [0.29, 0.717) is 19.7 Å². The molecule has 1 aromatic carbocycles. The highest BCUT2D eigenvalue weighted by molar-refractivity contribution is 5.78. The van der Waals surface area contributed by atoms with Crippen LogP contribution in [0.1, 0.15) is 18.9 Å². The molecule has 0 aliphatic carbocycles. The Labute approximate surface area is 108 Å². The lowest BCUT2D eigenvalue weighted by molar-refractivity contribution is -0.120. The zero-order chi connectivity index (χ0) is 12.8. The molecule has 4 nitrogen and oxygen atoms in total. The van der Waals surface area contributed by atoms with E-state index in [4.69, 9.17) is 4.74 Å². The van der Waals surface area contributed by atoms with Crippen molar-refractivity contribution in [3.05, 3.63) is 35.9 Å². The van der Waals surface area contributed by atoms with Gasteiger partial charge in [-0.1, -0.05) is 30.3 Å². The first-order valence-electron chi connectivity index (χ1n) is 6.31. The minimum atomic E-state index is -0.0515. The second-order valence-corrected chi connectivity index (χ2v) is 4.98. The summed E-state index contributed by atoms with van der Waals surface area (Å²) in [5.41, 5.74) is 1.06. The normalized spacial score (nSPS) is 22.9. The Hall–Kier alpha value is -1.39.